The molecule has 0 radical (unpaired) electrons. The third-order valence-electron chi connectivity index (χ3n) is 1.97. The molecule has 0 bridgehead atoms. The lowest BCUT2D eigenvalue weighted by Gasteiger charge is -1.95. The van der Waals surface area contributed by atoms with Crippen LogP contribution in [0.25, 0.3) is 11.0 Å². The van der Waals surface area contributed by atoms with E-state index in [0.717, 1.165) is 16.6 Å². The zero-order valence-electron chi connectivity index (χ0n) is 8.49. The molecule has 1 N–H and O–H groups in total. The van der Waals surface area contributed by atoms with Crippen molar-refractivity contribution in [2.75, 3.05) is 13.6 Å². The fourth-order valence-electron chi connectivity index (χ4n) is 1.28. The molecule has 0 aliphatic rings. The van der Waals surface area contributed by atoms with Crippen LogP contribution >= 0.6 is 0 Å². The minimum atomic E-state index is 0.693. The molecule has 0 aliphatic heterocycles. The Kier molecular flexibility index (Phi) is 2.91. The van der Waals surface area contributed by atoms with Gasteiger partial charge in [-0.15, -0.1) is 0 Å². The fourth-order valence-corrected chi connectivity index (χ4v) is 1.28. The number of nitrogens with zero attached hydrogens (tertiary/aromatic N) is 2. The van der Waals surface area contributed by atoms with Crippen molar-refractivity contribution in [1.29, 1.82) is 0 Å². The van der Waals surface area contributed by atoms with Crippen LogP contribution in [0.15, 0.2) is 30.6 Å². The second kappa shape index (κ2) is 4.54. The number of hydrogen-bond donors (Lipinski definition) is 1. The summed E-state index contributed by atoms with van der Waals surface area (Å²) in [6.07, 6.45) is 3.38. The second-order valence-corrected chi connectivity index (χ2v) is 3.09. The Morgan fingerprint density at radius 3 is 2.80 bits per heavy atom. The van der Waals surface area contributed by atoms with Gasteiger partial charge in [-0.05, 0) is 25.2 Å². The summed E-state index contributed by atoms with van der Waals surface area (Å²) in [5, 5.41) is 2.97. The number of nitrogens with one attached hydrogen (secondary N) is 1. The summed E-state index contributed by atoms with van der Waals surface area (Å²) in [6, 6.07) is 5.84. The average Bonchev–Trinajstić information content (AvgIpc) is 2.29. The maximum atomic E-state index is 4.22. The zero-order valence-corrected chi connectivity index (χ0v) is 8.49. The van der Waals surface area contributed by atoms with E-state index in [2.05, 4.69) is 27.1 Å². The topological polar surface area (TPSA) is 37.8 Å². The minimum absolute atomic E-state index is 0.693. The normalized spacial score (nSPS) is 9.67. The van der Waals surface area contributed by atoms with E-state index in [9.17, 15) is 0 Å². The van der Waals surface area contributed by atoms with Crippen molar-refractivity contribution in [3.05, 3.63) is 36.2 Å². The smallest absolute Gasteiger partial charge is 0.0899 e. The summed E-state index contributed by atoms with van der Waals surface area (Å²) in [6.45, 7) is 0.693. The van der Waals surface area contributed by atoms with Gasteiger partial charge in [0.25, 0.3) is 0 Å². The van der Waals surface area contributed by atoms with Gasteiger partial charge in [-0.2, -0.15) is 0 Å². The van der Waals surface area contributed by atoms with Gasteiger partial charge in [-0.1, -0.05) is 11.8 Å². The van der Waals surface area contributed by atoms with Gasteiger partial charge in [0.1, 0.15) is 0 Å². The molecule has 0 spiro atoms. The number of hydrogen-bond acceptors (Lipinski definition) is 3. The maximum Gasteiger partial charge on any atom is 0.0899 e. The first-order valence-corrected chi connectivity index (χ1v) is 4.74. The maximum absolute atomic E-state index is 4.22. The molecular formula is C12H11N3. The molecule has 0 amide bonds. The summed E-state index contributed by atoms with van der Waals surface area (Å²) in [5.41, 5.74) is 2.75. The molecule has 1 aromatic carbocycles. The largest absolute Gasteiger partial charge is 0.309 e. The van der Waals surface area contributed by atoms with Crippen LogP contribution in [-0.4, -0.2) is 23.6 Å². The van der Waals surface area contributed by atoms with E-state index < -0.39 is 0 Å². The zero-order chi connectivity index (χ0) is 10.5. The van der Waals surface area contributed by atoms with Gasteiger partial charge in [0.05, 0.1) is 17.6 Å². The predicted molar refractivity (Wildman–Crippen MR) is 60.3 cm³/mol. The number of aromatic nitrogens is 2. The van der Waals surface area contributed by atoms with Gasteiger partial charge in [-0.3, -0.25) is 9.97 Å². The van der Waals surface area contributed by atoms with Crippen molar-refractivity contribution >= 4 is 11.0 Å². The van der Waals surface area contributed by atoms with Crippen LogP contribution < -0.4 is 5.32 Å². The van der Waals surface area contributed by atoms with Crippen molar-refractivity contribution < 1.29 is 0 Å². The first-order chi connectivity index (χ1) is 7.40. The SMILES string of the molecule is CNCC#Cc1ccc2nccnc2c1. The molecule has 74 valence electrons. The van der Waals surface area contributed by atoms with Crippen LogP contribution in [0.5, 0.6) is 0 Å². The summed E-state index contributed by atoms with van der Waals surface area (Å²) in [7, 11) is 1.88. The molecule has 0 fully saturated rings. The Hall–Kier alpha value is -1.92. The van der Waals surface area contributed by atoms with Crippen molar-refractivity contribution in [3.63, 3.8) is 0 Å². The first-order valence-electron chi connectivity index (χ1n) is 4.74. The lowest BCUT2D eigenvalue weighted by atomic mass is 10.2. The summed E-state index contributed by atoms with van der Waals surface area (Å²) in [4.78, 5) is 8.42. The molecule has 0 saturated heterocycles. The van der Waals surface area contributed by atoms with E-state index in [1.165, 1.54) is 0 Å². The van der Waals surface area contributed by atoms with E-state index in [0.29, 0.717) is 6.54 Å². The Labute approximate surface area is 88.6 Å². The predicted octanol–water partition coefficient (Wildman–Crippen LogP) is 1.20. The lowest BCUT2D eigenvalue weighted by molar-refractivity contribution is 0.938. The molecule has 3 heteroatoms. The molecule has 15 heavy (non-hydrogen) atoms. The van der Waals surface area contributed by atoms with Gasteiger partial charge in [0, 0.05) is 18.0 Å². The van der Waals surface area contributed by atoms with Crippen molar-refractivity contribution in [2.45, 2.75) is 0 Å². The quantitative estimate of drug-likeness (QED) is 0.698. The Morgan fingerprint density at radius 2 is 2.00 bits per heavy atom. The number of fused-ring (bicyclic) bond motifs is 1. The van der Waals surface area contributed by atoms with Crippen LogP contribution in [0.4, 0.5) is 0 Å². The molecule has 2 rings (SSSR count). The third-order valence-corrected chi connectivity index (χ3v) is 1.97. The van der Waals surface area contributed by atoms with E-state index in [1.807, 2.05) is 25.2 Å². The van der Waals surface area contributed by atoms with Crippen molar-refractivity contribution in [2.24, 2.45) is 0 Å². The minimum Gasteiger partial charge on any atom is -0.309 e. The van der Waals surface area contributed by atoms with Gasteiger partial charge < -0.3 is 5.32 Å². The summed E-state index contributed by atoms with van der Waals surface area (Å²) < 4.78 is 0. The molecule has 2 aromatic rings. The third kappa shape index (κ3) is 2.30. The van der Waals surface area contributed by atoms with Gasteiger partial charge >= 0.3 is 0 Å². The summed E-state index contributed by atoms with van der Waals surface area (Å²) in [5.74, 6) is 6.06. The van der Waals surface area contributed by atoms with Crippen molar-refractivity contribution in [3.8, 4) is 11.8 Å². The van der Waals surface area contributed by atoms with Gasteiger partial charge in [0.15, 0.2) is 0 Å². The van der Waals surface area contributed by atoms with E-state index >= 15 is 0 Å². The molecule has 0 atom stereocenters. The lowest BCUT2D eigenvalue weighted by Crippen LogP contribution is -2.04. The molecule has 1 aromatic heterocycles. The molecule has 3 nitrogen and oxygen atoms in total. The summed E-state index contributed by atoms with van der Waals surface area (Å²) >= 11 is 0. The van der Waals surface area contributed by atoms with Crippen LogP contribution in [-0.2, 0) is 0 Å². The van der Waals surface area contributed by atoms with E-state index in [1.54, 1.807) is 12.4 Å². The molecular weight excluding hydrogens is 186 g/mol. The highest BCUT2D eigenvalue weighted by Crippen LogP contribution is 2.09. The Bertz CT molecular complexity index is 523. The molecule has 0 saturated carbocycles. The molecule has 0 aliphatic carbocycles. The Balaban J connectivity index is 2.36. The van der Waals surface area contributed by atoms with E-state index in [4.69, 9.17) is 0 Å². The van der Waals surface area contributed by atoms with Gasteiger partial charge in [-0.25, -0.2) is 0 Å². The fraction of sp³-hybridized carbons (Fsp3) is 0.167. The monoisotopic (exact) mass is 197 g/mol. The second-order valence-electron chi connectivity index (χ2n) is 3.09. The standard InChI is InChI=1S/C12H11N3/c1-13-6-2-3-10-4-5-11-12(9-10)15-8-7-14-11/h4-5,7-9,13H,6H2,1H3. The van der Waals surface area contributed by atoms with E-state index in [-0.39, 0.29) is 0 Å². The van der Waals surface area contributed by atoms with Crippen LogP contribution in [0.1, 0.15) is 5.56 Å². The first kappa shape index (κ1) is 9.63. The molecule has 0 unspecified atom stereocenters. The van der Waals surface area contributed by atoms with Crippen LogP contribution in [0, 0.1) is 11.8 Å². The average molecular weight is 197 g/mol. The number of benzene rings is 1. The van der Waals surface area contributed by atoms with Crippen LogP contribution in [0.3, 0.4) is 0 Å². The molecule has 1 heterocycles. The van der Waals surface area contributed by atoms with Crippen molar-refractivity contribution in [1.82, 2.24) is 15.3 Å². The highest BCUT2D eigenvalue weighted by Gasteiger charge is 1.94. The highest BCUT2D eigenvalue weighted by atomic mass is 14.8. The highest BCUT2D eigenvalue weighted by molar-refractivity contribution is 5.75. The number of rotatable bonds is 1. The Morgan fingerprint density at radius 1 is 1.20 bits per heavy atom. The van der Waals surface area contributed by atoms with Gasteiger partial charge in [0.2, 0.25) is 0 Å². The van der Waals surface area contributed by atoms with Crippen LogP contribution in [0.2, 0.25) is 0 Å².